The molecule has 2 heterocycles. The first kappa shape index (κ1) is 25.8. The number of quaternary nitrogens is 1. The number of nitrogens with two attached hydrogens (primary N) is 1. The van der Waals surface area contributed by atoms with Crippen LogP contribution in [-0.2, 0) is 27.2 Å². The number of aliphatic hydroxyl groups excluding tert-OH is 2. The van der Waals surface area contributed by atoms with E-state index in [1.165, 1.54) is 0 Å². The van der Waals surface area contributed by atoms with Crippen molar-refractivity contribution in [2.24, 2.45) is 5.73 Å². The van der Waals surface area contributed by atoms with E-state index in [0.717, 1.165) is 16.8 Å². The van der Waals surface area contributed by atoms with Gasteiger partial charge in [0.05, 0.1) is 13.2 Å². The Labute approximate surface area is 162 Å². The van der Waals surface area contributed by atoms with Gasteiger partial charge in [0.25, 0.3) is 21.2 Å². The molecule has 29 heavy (non-hydrogen) atoms. The van der Waals surface area contributed by atoms with Gasteiger partial charge in [0, 0.05) is 18.8 Å². The second-order valence-corrected chi connectivity index (χ2v) is 8.42. The zero-order valence-corrected chi connectivity index (χ0v) is 16.8. The number of rotatable bonds is 9. The minimum Gasteiger partial charge on any atom is -0.756 e. The molecule has 1 aliphatic heterocycles. The smallest absolute Gasteiger partial charge is 0.330 e. The minimum absolute atomic E-state index is 0. The van der Waals surface area contributed by atoms with Crippen LogP contribution in [0.15, 0.2) is 21.9 Å². The van der Waals surface area contributed by atoms with Gasteiger partial charge in [-0.25, -0.2) is 9.11 Å². The van der Waals surface area contributed by atoms with Gasteiger partial charge < -0.3 is 45.7 Å². The van der Waals surface area contributed by atoms with Crippen molar-refractivity contribution in [3.63, 3.8) is 0 Å². The third-order valence-corrected chi connectivity index (χ3v) is 5.99. The first-order valence-corrected chi connectivity index (χ1v) is 10.5. The summed E-state index contributed by atoms with van der Waals surface area (Å²) in [6.45, 7) is -1.69. The molecule has 0 aromatic carbocycles. The van der Waals surface area contributed by atoms with E-state index in [9.17, 15) is 38.7 Å². The molecule has 0 aliphatic carbocycles. The van der Waals surface area contributed by atoms with Crippen LogP contribution < -0.4 is 32.9 Å². The lowest BCUT2D eigenvalue weighted by atomic mass is 10.1. The number of aliphatic hydroxyl groups is 2. The molecule has 1 saturated heterocycles. The summed E-state index contributed by atoms with van der Waals surface area (Å²) in [5, 5.41) is 20.0. The van der Waals surface area contributed by atoms with Crippen LogP contribution in [-0.4, -0.2) is 57.8 Å². The predicted octanol–water partition coefficient (Wildman–Crippen LogP) is -3.52. The normalized spacial score (nSPS) is 28.3. The van der Waals surface area contributed by atoms with E-state index in [2.05, 4.69) is 13.4 Å². The number of phosphoric acid groups is 2. The molecule has 0 amide bonds. The van der Waals surface area contributed by atoms with Crippen LogP contribution in [0.25, 0.3) is 0 Å². The van der Waals surface area contributed by atoms with Crippen molar-refractivity contribution in [2.45, 2.75) is 24.5 Å². The number of nitrogens with one attached hydrogen (secondary N) is 1. The van der Waals surface area contributed by atoms with Crippen LogP contribution >= 0.6 is 15.6 Å². The fourth-order valence-electron chi connectivity index (χ4n) is 2.22. The highest BCUT2D eigenvalue weighted by Gasteiger charge is 2.44. The largest absolute Gasteiger partial charge is 0.756 e. The van der Waals surface area contributed by atoms with Gasteiger partial charge in [0.2, 0.25) is 0 Å². The topological polar surface area (TPSA) is 275 Å². The molecule has 1 aromatic rings. The number of ether oxygens (including phenoxy) is 1. The molecule has 18 heteroatoms. The molecule has 6 unspecified atom stereocenters. The molecule has 6 atom stereocenters. The molecule has 1 aliphatic rings. The summed E-state index contributed by atoms with van der Waals surface area (Å²) >= 11 is 0. The van der Waals surface area contributed by atoms with E-state index >= 15 is 0 Å². The maximum absolute atomic E-state index is 11.7. The minimum atomic E-state index is -5.44. The number of aromatic amines is 1. The lowest BCUT2D eigenvalue weighted by molar-refractivity contribution is -0.245. The predicted molar refractivity (Wildman–Crippen MR) is 90.5 cm³/mol. The van der Waals surface area contributed by atoms with E-state index in [4.69, 9.17) is 10.5 Å². The van der Waals surface area contributed by atoms with E-state index in [1.807, 2.05) is 4.98 Å². The monoisotopic (exact) mass is 463 g/mol. The number of aromatic nitrogens is 2. The number of hydrogen-bond donors (Lipinski definition) is 5. The Kier molecular flexibility index (Phi) is 9.04. The molecule has 0 bridgehead atoms. The number of phosphoric ester groups is 2. The van der Waals surface area contributed by atoms with Crippen molar-refractivity contribution in [2.75, 3.05) is 19.8 Å². The Bertz CT molecular complexity index is 889. The zero-order valence-electron chi connectivity index (χ0n) is 15.0. The summed E-state index contributed by atoms with van der Waals surface area (Å²) < 4.78 is 41.1. The summed E-state index contributed by atoms with van der Waals surface area (Å²) in [4.78, 5) is 47.6. The van der Waals surface area contributed by atoms with Crippen LogP contribution in [0.5, 0.6) is 0 Å². The van der Waals surface area contributed by atoms with Gasteiger partial charge in [-0.1, -0.05) is 0 Å². The first-order chi connectivity index (χ1) is 13.0. The van der Waals surface area contributed by atoms with Gasteiger partial charge in [-0.2, -0.15) is 0 Å². The summed E-state index contributed by atoms with van der Waals surface area (Å²) in [7, 11) is -10.7. The van der Waals surface area contributed by atoms with Crippen LogP contribution in [0, 0.1) is 0 Å². The van der Waals surface area contributed by atoms with Crippen molar-refractivity contribution in [1.29, 1.82) is 0 Å². The van der Waals surface area contributed by atoms with Crippen LogP contribution in [0.1, 0.15) is 6.23 Å². The van der Waals surface area contributed by atoms with E-state index in [0.29, 0.717) is 0 Å². The molecule has 9 N–H and O–H groups in total. The van der Waals surface area contributed by atoms with Crippen molar-refractivity contribution in [3.05, 3.63) is 33.1 Å². The second kappa shape index (κ2) is 10.2. The summed E-state index contributed by atoms with van der Waals surface area (Å²) in [5.41, 5.74) is 3.36. The Balaban J connectivity index is 0.00000420. The fourth-order valence-corrected chi connectivity index (χ4v) is 4.24. The summed E-state index contributed by atoms with van der Waals surface area (Å²) in [6, 6.07) is 0.959. The second-order valence-electron chi connectivity index (χ2n) is 5.46. The zero-order chi connectivity index (χ0) is 21.1. The maximum Gasteiger partial charge on any atom is 0.330 e. The van der Waals surface area contributed by atoms with Crippen LogP contribution in [0.3, 0.4) is 0 Å². The molecular formula is C11H21N4O12P2-. The number of H-pyrrole nitrogens is 1. The Morgan fingerprint density at radius 3 is 2.41 bits per heavy atom. The molecular weight excluding hydrogens is 442 g/mol. The van der Waals surface area contributed by atoms with E-state index < -0.39 is 64.6 Å². The lowest BCUT2D eigenvalue weighted by Crippen LogP contribution is -2.37. The number of nitrogens with zero attached hydrogens (tertiary/aromatic N) is 1. The van der Waals surface area contributed by atoms with Crippen molar-refractivity contribution in [1.82, 2.24) is 15.7 Å². The van der Waals surface area contributed by atoms with Crippen LogP contribution in [0.2, 0.25) is 0 Å². The highest BCUT2D eigenvalue weighted by atomic mass is 31.3. The third kappa shape index (κ3) is 6.89. The lowest BCUT2D eigenvalue weighted by Gasteiger charge is -2.31. The average molecular weight is 463 g/mol. The first-order valence-electron chi connectivity index (χ1n) is 7.61. The molecule has 1 fully saturated rings. The van der Waals surface area contributed by atoms with Crippen molar-refractivity contribution >= 4 is 15.6 Å². The van der Waals surface area contributed by atoms with E-state index in [-0.39, 0.29) is 12.7 Å². The molecule has 168 valence electrons. The SMILES string of the molecule is NCCOP(=O)([O-])OP(=O)([O-])OCC1OC(n2ccc(=O)[nH]c2=O)C(O)C1O.[NH4+]. The van der Waals surface area contributed by atoms with Gasteiger partial charge in [-0.05, 0) is 0 Å². The summed E-state index contributed by atoms with van der Waals surface area (Å²) in [5.74, 6) is 0. The highest BCUT2D eigenvalue weighted by molar-refractivity contribution is 7.59. The molecule has 0 radical (unpaired) electrons. The van der Waals surface area contributed by atoms with Crippen molar-refractivity contribution in [3.8, 4) is 0 Å². The Morgan fingerprint density at radius 1 is 1.21 bits per heavy atom. The maximum atomic E-state index is 11.7. The van der Waals surface area contributed by atoms with Gasteiger partial charge in [-0.15, -0.1) is 0 Å². The molecule has 0 spiro atoms. The van der Waals surface area contributed by atoms with Gasteiger partial charge in [-0.3, -0.25) is 23.5 Å². The average Bonchev–Trinajstić information content (AvgIpc) is 2.86. The van der Waals surface area contributed by atoms with E-state index in [1.54, 1.807) is 0 Å². The number of hydrogen-bond acceptors (Lipinski definition) is 13. The standard InChI is InChI=1S/C11H19N3O12P2.H3N/c12-2-4-23-27(19,20)26-28(21,22)24-5-6-8(16)9(17)10(25-6)14-3-1-7(15)13-11(14)18;/h1,3,6,8-10,16-17H,2,4-5,12H2,(H,19,20)(H,21,22)(H,13,15,18);1H3/p-1. The Hall–Kier alpha value is -1.26. The molecule has 0 saturated carbocycles. The van der Waals surface area contributed by atoms with Gasteiger partial charge in [0.15, 0.2) is 6.23 Å². The molecule has 1 aromatic heterocycles. The molecule has 2 rings (SSSR count). The quantitative estimate of drug-likeness (QED) is 0.222. The Morgan fingerprint density at radius 2 is 1.83 bits per heavy atom. The molecule has 16 nitrogen and oxygen atoms in total. The third-order valence-electron chi connectivity index (χ3n) is 3.43. The van der Waals surface area contributed by atoms with Gasteiger partial charge in [0.1, 0.15) is 18.3 Å². The van der Waals surface area contributed by atoms with Gasteiger partial charge >= 0.3 is 5.69 Å². The highest BCUT2D eigenvalue weighted by Crippen LogP contribution is 2.55. The fraction of sp³-hybridized carbons (Fsp3) is 0.636. The van der Waals surface area contributed by atoms with Crippen LogP contribution in [0.4, 0.5) is 0 Å². The van der Waals surface area contributed by atoms with Crippen molar-refractivity contribution < 1.29 is 47.2 Å². The summed E-state index contributed by atoms with van der Waals surface area (Å²) in [6.07, 6.45) is -5.37.